The topological polar surface area (TPSA) is 35.5 Å². The van der Waals surface area contributed by atoms with Crippen molar-refractivity contribution in [1.82, 2.24) is 0 Å². The highest BCUT2D eigenvalue weighted by Crippen LogP contribution is 2.25. The minimum atomic E-state index is -0.702. The van der Waals surface area contributed by atoms with Crippen LogP contribution in [-0.4, -0.2) is 19.7 Å². The smallest absolute Gasteiger partial charge is 0.319 e. The summed E-state index contributed by atoms with van der Waals surface area (Å²) < 4.78 is 10.1. The maximum absolute atomic E-state index is 11.7. The van der Waals surface area contributed by atoms with Gasteiger partial charge in [0, 0.05) is 0 Å². The molecule has 0 heterocycles. The Labute approximate surface area is 90.1 Å². The van der Waals surface area contributed by atoms with Crippen molar-refractivity contribution in [3.63, 3.8) is 0 Å². The standard InChI is InChI=1S/C12H16O3/c1-4-15-11(13)12(2)8-5-6-10(14-3)7-9-12/h5-9H,4H2,1-3H3. The molecule has 0 spiro atoms. The van der Waals surface area contributed by atoms with Crippen LogP contribution in [0.15, 0.2) is 36.1 Å². The van der Waals surface area contributed by atoms with Gasteiger partial charge in [-0.15, -0.1) is 0 Å². The third-order valence-electron chi connectivity index (χ3n) is 2.25. The average Bonchev–Trinajstić information content (AvgIpc) is 2.41. The summed E-state index contributed by atoms with van der Waals surface area (Å²) in [6.45, 7) is 4.00. The fourth-order valence-electron chi connectivity index (χ4n) is 1.27. The highest BCUT2D eigenvalue weighted by Gasteiger charge is 2.29. The Morgan fingerprint density at radius 1 is 1.47 bits per heavy atom. The Morgan fingerprint density at radius 3 is 2.80 bits per heavy atom. The van der Waals surface area contributed by atoms with Crippen LogP contribution in [0.3, 0.4) is 0 Å². The summed E-state index contributed by atoms with van der Waals surface area (Å²) in [7, 11) is 1.59. The molecule has 1 atom stereocenters. The zero-order chi connectivity index (χ0) is 11.3. The number of hydrogen-bond donors (Lipinski definition) is 0. The second-order valence-electron chi connectivity index (χ2n) is 3.47. The Morgan fingerprint density at radius 2 is 2.20 bits per heavy atom. The van der Waals surface area contributed by atoms with Gasteiger partial charge in [-0.25, -0.2) is 0 Å². The summed E-state index contributed by atoms with van der Waals surface area (Å²) in [5, 5.41) is 0. The molecule has 3 heteroatoms. The Balaban J connectivity index is 2.86. The van der Waals surface area contributed by atoms with Crippen molar-refractivity contribution >= 4 is 5.97 Å². The number of hydrogen-bond acceptors (Lipinski definition) is 3. The molecule has 1 unspecified atom stereocenters. The van der Waals surface area contributed by atoms with Crippen molar-refractivity contribution in [2.75, 3.05) is 13.7 Å². The molecule has 0 aromatic carbocycles. The molecule has 1 rings (SSSR count). The monoisotopic (exact) mass is 208 g/mol. The maximum Gasteiger partial charge on any atom is 0.319 e. The molecule has 82 valence electrons. The minimum absolute atomic E-state index is 0.247. The number of carbonyl (C=O) groups is 1. The van der Waals surface area contributed by atoms with Crippen LogP contribution in [0, 0.1) is 5.41 Å². The maximum atomic E-state index is 11.7. The van der Waals surface area contributed by atoms with Gasteiger partial charge >= 0.3 is 5.97 Å². The van der Waals surface area contributed by atoms with Crippen LogP contribution in [0.2, 0.25) is 0 Å². The van der Waals surface area contributed by atoms with Gasteiger partial charge < -0.3 is 9.47 Å². The predicted molar refractivity (Wildman–Crippen MR) is 58.1 cm³/mol. The summed E-state index contributed by atoms with van der Waals surface area (Å²) in [4.78, 5) is 11.7. The van der Waals surface area contributed by atoms with E-state index >= 15 is 0 Å². The van der Waals surface area contributed by atoms with E-state index in [1.165, 1.54) is 0 Å². The second-order valence-corrected chi connectivity index (χ2v) is 3.47. The van der Waals surface area contributed by atoms with E-state index in [1.54, 1.807) is 44.4 Å². The molecule has 0 saturated heterocycles. The zero-order valence-corrected chi connectivity index (χ0v) is 9.32. The third-order valence-corrected chi connectivity index (χ3v) is 2.25. The number of allylic oxidation sites excluding steroid dienone is 3. The van der Waals surface area contributed by atoms with Gasteiger partial charge in [-0.2, -0.15) is 0 Å². The number of ether oxygens (including phenoxy) is 2. The van der Waals surface area contributed by atoms with E-state index in [0.717, 1.165) is 5.76 Å². The molecule has 0 fully saturated rings. The molecule has 1 aliphatic carbocycles. The lowest BCUT2D eigenvalue weighted by Gasteiger charge is -2.18. The first kappa shape index (κ1) is 11.6. The molecule has 1 aliphatic rings. The largest absolute Gasteiger partial charge is 0.497 e. The van der Waals surface area contributed by atoms with Gasteiger partial charge in [0.2, 0.25) is 0 Å². The lowest BCUT2D eigenvalue weighted by atomic mass is 9.90. The summed E-state index contributed by atoms with van der Waals surface area (Å²) in [5.74, 6) is 0.475. The van der Waals surface area contributed by atoms with E-state index in [0.29, 0.717) is 6.61 Å². The quantitative estimate of drug-likeness (QED) is 0.667. The van der Waals surface area contributed by atoms with E-state index in [1.807, 2.05) is 6.92 Å². The van der Waals surface area contributed by atoms with E-state index in [-0.39, 0.29) is 5.97 Å². The van der Waals surface area contributed by atoms with Crippen molar-refractivity contribution in [3.05, 3.63) is 36.1 Å². The van der Waals surface area contributed by atoms with Gasteiger partial charge in [0.1, 0.15) is 11.2 Å². The van der Waals surface area contributed by atoms with Crippen LogP contribution < -0.4 is 0 Å². The predicted octanol–water partition coefficient (Wildman–Crippen LogP) is 2.21. The van der Waals surface area contributed by atoms with Crippen molar-refractivity contribution < 1.29 is 14.3 Å². The fraction of sp³-hybridized carbons (Fsp3) is 0.417. The van der Waals surface area contributed by atoms with Crippen LogP contribution in [0.5, 0.6) is 0 Å². The first-order chi connectivity index (χ1) is 7.12. The molecule has 0 aromatic rings. The van der Waals surface area contributed by atoms with Gasteiger partial charge in [-0.05, 0) is 26.0 Å². The minimum Gasteiger partial charge on any atom is -0.497 e. The van der Waals surface area contributed by atoms with Gasteiger partial charge in [-0.3, -0.25) is 4.79 Å². The lowest BCUT2D eigenvalue weighted by molar-refractivity contribution is -0.149. The summed E-state index contributed by atoms with van der Waals surface area (Å²) in [5.41, 5.74) is -0.702. The summed E-state index contributed by atoms with van der Waals surface area (Å²) >= 11 is 0. The van der Waals surface area contributed by atoms with Gasteiger partial charge in [0.15, 0.2) is 0 Å². The van der Waals surface area contributed by atoms with Crippen LogP contribution in [0.1, 0.15) is 13.8 Å². The third kappa shape index (κ3) is 2.72. The normalized spacial score (nSPS) is 24.3. The SMILES string of the molecule is CCOC(=O)C1(C)C=CC=C(OC)C=C1. The number of esters is 1. The molecule has 0 radical (unpaired) electrons. The molecule has 0 aliphatic heterocycles. The molecule has 0 bridgehead atoms. The number of methoxy groups -OCH3 is 1. The average molecular weight is 208 g/mol. The molecule has 15 heavy (non-hydrogen) atoms. The number of carbonyl (C=O) groups excluding carboxylic acids is 1. The van der Waals surface area contributed by atoms with Crippen molar-refractivity contribution in [2.24, 2.45) is 5.41 Å². The summed E-state index contributed by atoms with van der Waals surface area (Å²) in [6.07, 6.45) is 8.96. The van der Waals surface area contributed by atoms with Crippen LogP contribution in [0.25, 0.3) is 0 Å². The zero-order valence-electron chi connectivity index (χ0n) is 9.32. The van der Waals surface area contributed by atoms with Crippen molar-refractivity contribution in [2.45, 2.75) is 13.8 Å². The molecular weight excluding hydrogens is 192 g/mol. The molecule has 0 saturated carbocycles. The highest BCUT2D eigenvalue weighted by molar-refractivity contribution is 5.81. The molecule has 0 N–H and O–H groups in total. The van der Waals surface area contributed by atoms with Crippen molar-refractivity contribution in [1.29, 1.82) is 0 Å². The van der Waals surface area contributed by atoms with E-state index in [9.17, 15) is 4.79 Å². The van der Waals surface area contributed by atoms with Gasteiger partial charge in [0.25, 0.3) is 0 Å². The lowest BCUT2D eigenvalue weighted by Crippen LogP contribution is -2.25. The van der Waals surface area contributed by atoms with E-state index in [2.05, 4.69) is 0 Å². The number of rotatable bonds is 3. The highest BCUT2D eigenvalue weighted by atomic mass is 16.5. The van der Waals surface area contributed by atoms with Crippen LogP contribution >= 0.6 is 0 Å². The van der Waals surface area contributed by atoms with Gasteiger partial charge in [-0.1, -0.05) is 18.2 Å². The van der Waals surface area contributed by atoms with Gasteiger partial charge in [0.05, 0.1) is 13.7 Å². The van der Waals surface area contributed by atoms with E-state index < -0.39 is 5.41 Å². The van der Waals surface area contributed by atoms with Crippen LogP contribution in [-0.2, 0) is 14.3 Å². The fourth-order valence-corrected chi connectivity index (χ4v) is 1.27. The van der Waals surface area contributed by atoms with Crippen LogP contribution in [0.4, 0.5) is 0 Å². The van der Waals surface area contributed by atoms with Crippen molar-refractivity contribution in [3.8, 4) is 0 Å². The first-order valence-corrected chi connectivity index (χ1v) is 4.92. The summed E-state index contributed by atoms with van der Waals surface area (Å²) in [6, 6.07) is 0. The first-order valence-electron chi connectivity index (χ1n) is 4.92. The molecular formula is C12H16O3. The van der Waals surface area contributed by atoms with E-state index in [4.69, 9.17) is 9.47 Å². The Bertz CT molecular complexity index is 326. The Kier molecular flexibility index (Phi) is 3.72. The molecule has 3 nitrogen and oxygen atoms in total. The Hall–Kier alpha value is -1.51. The molecule has 0 amide bonds. The second kappa shape index (κ2) is 4.82. The molecule has 0 aromatic heterocycles.